The molecule has 5 nitrogen and oxygen atoms in total. The largest absolute Gasteiger partial charge is 0.468 e. The molecule has 1 amide bonds. The van der Waals surface area contributed by atoms with E-state index in [0.717, 1.165) is 17.0 Å². The van der Waals surface area contributed by atoms with Crippen molar-refractivity contribution in [3.63, 3.8) is 0 Å². The van der Waals surface area contributed by atoms with E-state index in [1.807, 2.05) is 0 Å². The highest BCUT2D eigenvalue weighted by Gasteiger charge is 2.16. The number of halogens is 1. The Bertz CT molecular complexity index is 428. The number of benzene rings is 1. The molecule has 0 atom stereocenters. The van der Waals surface area contributed by atoms with E-state index in [9.17, 15) is 14.0 Å². The molecule has 0 heterocycles. The second-order valence-electron chi connectivity index (χ2n) is 3.51. The fourth-order valence-corrected chi connectivity index (χ4v) is 1.29. The lowest BCUT2D eigenvalue weighted by molar-refractivity contribution is -0.141. The highest BCUT2D eigenvalue weighted by atomic mass is 19.1. The summed E-state index contributed by atoms with van der Waals surface area (Å²) in [7, 11) is 2.64. The van der Waals surface area contributed by atoms with Crippen LogP contribution in [0.4, 0.5) is 10.1 Å². The zero-order valence-corrected chi connectivity index (χ0v) is 9.57. The molecule has 0 fully saturated rings. The Morgan fingerprint density at radius 2 is 2.06 bits per heavy atom. The molecule has 0 saturated carbocycles. The maximum absolute atomic E-state index is 13.0. The number of anilines is 1. The Hall–Kier alpha value is -2.11. The minimum absolute atomic E-state index is 0.0916. The van der Waals surface area contributed by atoms with Gasteiger partial charge in [-0.15, -0.1) is 0 Å². The van der Waals surface area contributed by atoms with Crippen molar-refractivity contribution in [3.05, 3.63) is 29.6 Å². The first kappa shape index (κ1) is 13.0. The maximum atomic E-state index is 13.0. The summed E-state index contributed by atoms with van der Waals surface area (Å²) in [5.74, 6) is -1.65. The highest BCUT2D eigenvalue weighted by Crippen LogP contribution is 2.12. The molecule has 0 radical (unpaired) electrons. The molecule has 6 heteroatoms. The van der Waals surface area contributed by atoms with Gasteiger partial charge in [0.05, 0.1) is 7.11 Å². The van der Waals surface area contributed by atoms with E-state index in [1.165, 1.54) is 20.2 Å². The van der Waals surface area contributed by atoms with E-state index >= 15 is 0 Å². The van der Waals surface area contributed by atoms with Gasteiger partial charge >= 0.3 is 5.97 Å². The molecule has 0 aromatic heterocycles. The smallest absolute Gasteiger partial charge is 0.325 e. The van der Waals surface area contributed by atoms with Crippen molar-refractivity contribution in [2.45, 2.75) is 0 Å². The number of carbonyl (C=O) groups excluding carboxylic acids is 2. The third-order valence-electron chi connectivity index (χ3n) is 2.11. The lowest BCUT2D eigenvalue weighted by Crippen LogP contribution is -2.32. The number of nitrogens with two attached hydrogens (primary N) is 1. The Kier molecular flexibility index (Phi) is 4.03. The predicted molar refractivity (Wildman–Crippen MR) is 59.8 cm³/mol. The Morgan fingerprint density at radius 1 is 1.41 bits per heavy atom. The van der Waals surface area contributed by atoms with Crippen molar-refractivity contribution >= 4 is 17.6 Å². The molecule has 17 heavy (non-hydrogen) atoms. The number of amides is 1. The average molecular weight is 240 g/mol. The number of esters is 1. The normalized spacial score (nSPS) is 9.82. The maximum Gasteiger partial charge on any atom is 0.325 e. The van der Waals surface area contributed by atoms with Crippen LogP contribution < -0.4 is 5.73 Å². The van der Waals surface area contributed by atoms with Gasteiger partial charge < -0.3 is 15.4 Å². The molecular weight excluding hydrogens is 227 g/mol. The van der Waals surface area contributed by atoms with Crippen LogP contribution in [0.15, 0.2) is 18.2 Å². The van der Waals surface area contributed by atoms with Gasteiger partial charge in [0.1, 0.15) is 12.4 Å². The number of carbonyl (C=O) groups is 2. The molecule has 1 aromatic rings. The van der Waals surface area contributed by atoms with E-state index in [2.05, 4.69) is 4.74 Å². The molecule has 92 valence electrons. The van der Waals surface area contributed by atoms with E-state index in [4.69, 9.17) is 5.73 Å². The lowest BCUT2D eigenvalue weighted by Gasteiger charge is -2.15. The predicted octanol–water partition coefficient (Wildman–Crippen LogP) is 0.653. The minimum Gasteiger partial charge on any atom is -0.468 e. The van der Waals surface area contributed by atoms with Crippen LogP contribution in [0.1, 0.15) is 10.4 Å². The van der Waals surface area contributed by atoms with E-state index in [-0.39, 0.29) is 17.8 Å². The lowest BCUT2D eigenvalue weighted by atomic mass is 10.1. The van der Waals surface area contributed by atoms with Crippen LogP contribution in [0.3, 0.4) is 0 Å². The van der Waals surface area contributed by atoms with Crippen LogP contribution in [-0.4, -0.2) is 37.5 Å². The van der Waals surface area contributed by atoms with Gasteiger partial charge in [-0.1, -0.05) is 0 Å². The molecule has 2 N–H and O–H groups in total. The van der Waals surface area contributed by atoms with Gasteiger partial charge in [0, 0.05) is 18.3 Å². The topological polar surface area (TPSA) is 72.6 Å². The van der Waals surface area contributed by atoms with Crippen molar-refractivity contribution in [1.82, 2.24) is 4.90 Å². The second kappa shape index (κ2) is 5.29. The molecular formula is C11H13FN2O3. The summed E-state index contributed by atoms with van der Waals surface area (Å²) in [5, 5.41) is 0. The number of nitrogen functional groups attached to an aromatic ring is 1. The summed E-state index contributed by atoms with van der Waals surface area (Å²) in [6.07, 6.45) is 0. The second-order valence-corrected chi connectivity index (χ2v) is 3.51. The Balaban J connectivity index is 2.85. The van der Waals surface area contributed by atoms with Crippen molar-refractivity contribution in [1.29, 1.82) is 0 Å². The van der Waals surface area contributed by atoms with E-state index in [0.29, 0.717) is 0 Å². The van der Waals surface area contributed by atoms with Crippen LogP contribution >= 0.6 is 0 Å². The van der Waals surface area contributed by atoms with Gasteiger partial charge in [-0.3, -0.25) is 9.59 Å². The SMILES string of the molecule is COC(=O)CN(C)C(=O)c1cc(N)cc(F)c1. The number of nitrogens with zero attached hydrogens (tertiary/aromatic N) is 1. The fraction of sp³-hybridized carbons (Fsp3) is 0.273. The van der Waals surface area contributed by atoms with Gasteiger partial charge in [-0.25, -0.2) is 4.39 Å². The fourth-order valence-electron chi connectivity index (χ4n) is 1.29. The number of methoxy groups -OCH3 is 1. The van der Waals surface area contributed by atoms with Crippen molar-refractivity contribution in [3.8, 4) is 0 Å². The summed E-state index contributed by atoms with van der Waals surface area (Å²) in [6.45, 7) is -0.203. The molecule has 0 bridgehead atoms. The van der Waals surface area contributed by atoms with Crippen LogP contribution in [0, 0.1) is 5.82 Å². The standard InChI is InChI=1S/C11H13FN2O3/c1-14(6-10(15)17-2)11(16)7-3-8(12)5-9(13)4-7/h3-5H,6,13H2,1-2H3. The molecule has 1 rings (SSSR count). The molecule has 0 aliphatic carbocycles. The Morgan fingerprint density at radius 3 is 2.59 bits per heavy atom. The van der Waals surface area contributed by atoms with Crippen LogP contribution in [0.25, 0.3) is 0 Å². The zero-order valence-electron chi connectivity index (χ0n) is 9.57. The zero-order chi connectivity index (χ0) is 13.0. The summed E-state index contributed by atoms with van der Waals surface area (Å²) in [4.78, 5) is 23.9. The number of likely N-dealkylation sites (N-methyl/N-ethyl adjacent to an activating group) is 1. The van der Waals surface area contributed by atoms with Gasteiger partial charge in [-0.2, -0.15) is 0 Å². The number of rotatable bonds is 3. The number of ether oxygens (including phenoxy) is 1. The van der Waals surface area contributed by atoms with Crippen molar-refractivity contribution in [2.24, 2.45) is 0 Å². The Labute approximate surface area is 98.0 Å². The van der Waals surface area contributed by atoms with Crippen LogP contribution in [-0.2, 0) is 9.53 Å². The van der Waals surface area contributed by atoms with Crippen LogP contribution in [0.2, 0.25) is 0 Å². The van der Waals surface area contributed by atoms with Gasteiger partial charge in [-0.05, 0) is 18.2 Å². The average Bonchev–Trinajstić information content (AvgIpc) is 2.26. The first-order valence-corrected chi connectivity index (χ1v) is 4.82. The van der Waals surface area contributed by atoms with Gasteiger partial charge in [0.15, 0.2) is 0 Å². The minimum atomic E-state index is -0.597. The summed E-state index contributed by atoms with van der Waals surface area (Å²) in [6, 6.07) is 3.52. The molecule has 0 aliphatic heterocycles. The number of hydrogen-bond acceptors (Lipinski definition) is 4. The first-order chi connectivity index (χ1) is 7.93. The molecule has 1 aromatic carbocycles. The van der Waals surface area contributed by atoms with Crippen molar-refractivity contribution in [2.75, 3.05) is 26.4 Å². The third kappa shape index (κ3) is 3.44. The monoisotopic (exact) mass is 240 g/mol. The van der Waals surface area contributed by atoms with E-state index < -0.39 is 17.7 Å². The first-order valence-electron chi connectivity index (χ1n) is 4.82. The van der Waals surface area contributed by atoms with E-state index in [1.54, 1.807) is 0 Å². The number of hydrogen-bond donors (Lipinski definition) is 1. The molecule has 0 spiro atoms. The third-order valence-corrected chi connectivity index (χ3v) is 2.11. The van der Waals surface area contributed by atoms with Crippen LogP contribution in [0.5, 0.6) is 0 Å². The highest BCUT2D eigenvalue weighted by molar-refractivity contribution is 5.96. The molecule has 0 saturated heterocycles. The molecule has 0 unspecified atom stereocenters. The van der Waals surface area contributed by atoms with Crippen molar-refractivity contribution < 1.29 is 18.7 Å². The summed E-state index contributed by atoms with van der Waals surface area (Å²) in [5.41, 5.74) is 5.67. The van der Waals surface area contributed by atoms with Gasteiger partial charge in [0.25, 0.3) is 5.91 Å². The van der Waals surface area contributed by atoms with Gasteiger partial charge in [0.2, 0.25) is 0 Å². The quantitative estimate of drug-likeness (QED) is 0.622. The molecule has 0 aliphatic rings. The summed E-state index contributed by atoms with van der Waals surface area (Å²) < 4.78 is 17.5. The summed E-state index contributed by atoms with van der Waals surface area (Å²) >= 11 is 0.